The molecule has 0 rings (SSSR count). The van der Waals surface area contributed by atoms with E-state index in [-0.39, 0.29) is 18.2 Å². The molecule has 0 fully saturated rings. The lowest BCUT2D eigenvalue weighted by Gasteiger charge is -2.15. The van der Waals surface area contributed by atoms with E-state index < -0.39 is 11.9 Å². The van der Waals surface area contributed by atoms with Crippen molar-refractivity contribution in [3.05, 3.63) is 0 Å². The van der Waals surface area contributed by atoms with Crippen molar-refractivity contribution in [3.63, 3.8) is 0 Å². The summed E-state index contributed by atoms with van der Waals surface area (Å²) in [4.78, 5) is 34.4. The monoisotopic (exact) mass is 285 g/mol. The Morgan fingerprint density at radius 1 is 1.00 bits per heavy atom. The summed E-state index contributed by atoms with van der Waals surface area (Å²) in [7, 11) is 0. The van der Waals surface area contributed by atoms with E-state index in [1.54, 1.807) is 0 Å². The van der Waals surface area contributed by atoms with Crippen LogP contribution in [0.25, 0.3) is 0 Å². The summed E-state index contributed by atoms with van der Waals surface area (Å²) in [6.07, 6.45) is 4.93. The quantitative estimate of drug-likeness (QED) is 0.490. The lowest BCUT2D eigenvalue weighted by atomic mass is 10.1. The first kappa shape index (κ1) is 18.4. The SMILES string of the molecule is CCCCCNC(=O)CC(NC(=O)CCCC)C(N)=O. The number of carbonyl (C=O) groups is 3. The number of unbranched alkanes of at least 4 members (excludes halogenated alkanes) is 3. The maximum absolute atomic E-state index is 11.6. The zero-order valence-corrected chi connectivity index (χ0v) is 12.5. The summed E-state index contributed by atoms with van der Waals surface area (Å²) in [5, 5.41) is 5.23. The second kappa shape index (κ2) is 11.3. The molecule has 0 aromatic rings. The summed E-state index contributed by atoms with van der Waals surface area (Å²) in [6, 6.07) is -0.925. The maximum atomic E-state index is 11.6. The molecule has 1 unspecified atom stereocenters. The van der Waals surface area contributed by atoms with Crippen LogP contribution in [0.5, 0.6) is 0 Å². The lowest BCUT2D eigenvalue weighted by molar-refractivity contribution is -0.130. The maximum Gasteiger partial charge on any atom is 0.240 e. The van der Waals surface area contributed by atoms with E-state index in [1.165, 1.54) is 0 Å². The number of carbonyl (C=O) groups excluding carboxylic acids is 3. The van der Waals surface area contributed by atoms with Crippen molar-refractivity contribution in [2.24, 2.45) is 5.73 Å². The summed E-state index contributed by atoms with van der Waals surface area (Å²) < 4.78 is 0. The molecule has 0 heterocycles. The van der Waals surface area contributed by atoms with Gasteiger partial charge in [-0.2, -0.15) is 0 Å². The molecule has 0 spiro atoms. The molecule has 4 N–H and O–H groups in total. The van der Waals surface area contributed by atoms with Crippen molar-refractivity contribution < 1.29 is 14.4 Å². The van der Waals surface area contributed by atoms with Crippen LogP contribution in [0.3, 0.4) is 0 Å². The minimum absolute atomic E-state index is 0.0979. The molecule has 0 saturated heterocycles. The first-order valence-corrected chi connectivity index (χ1v) is 7.36. The van der Waals surface area contributed by atoms with Gasteiger partial charge in [-0.25, -0.2) is 0 Å². The Kier molecular flexibility index (Phi) is 10.4. The van der Waals surface area contributed by atoms with Gasteiger partial charge in [0.2, 0.25) is 17.7 Å². The van der Waals surface area contributed by atoms with Crippen molar-refractivity contribution in [1.29, 1.82) is 0 Å². The molecule has 20 heavy (non-hydrogen) atoms. The van der Waals surface area contributed by atoms with Gasteiger partial charge in [-0.05, 0) is 12.8 Å². The molecule has 6 heteroatoms. The zero-order valence-electron chi connectivity index (χ0n) is 12.5. The third-order valence-electron chi connectivity index (χ3n) is 2.93. The highest BCUT2D eigenvalue weighted by Crippen LogP contribution is 1.98. The molecular formula is C14H27N3O3. The van der Waals surface area contributed by atoms with Gasteiger partial charge in [0.15, 0.2) is 0 Å². The molecule has 6 nitrogen and oxygen atoms in total. The van der Waals surface area contributed by atoms with Gasteiger partial charge in [0.05, 0.1) is 6.42 Å². The summed E-state index contributed by atoms with van der Waals surface area (Å²) in [6.45, 7) is 4.64. The molecule has 0 aromatic carbocycles. The molecule has 0 radical (unpaired) electrons. The van der Waals surface area contributed by atoms with Crippen LogP contribution in [0.1, 0.15) is 58.8 Å². The molecule has 0 saturated carbocycles. The summed E-state index contributed by atoms with van der Waals surface area (Å²) >= 11 is 0. The van der Waals surface area contributed by atoms with Crippen LogP contribution in [0.2, 0.25) is 0 Å². The third-order valence-corrected chi connectivity index (χ3v) is 2.93. The van der Waals surface area contributed by atoms with Gasteiger partial charge < -0.3 is 16.4 Å². The minimum atomic E-state index is -0.925. The van der Waals surface area contributed by atoms with E-state index in [1.807, 2.05) is 6.92 Å². The fourth-order valence-electron chi connectivity index (χ4n) is 1.69. The van der Waals surface area contributed by atoms with Crippen molar-refractivity contribution >= 4 is 17.7 Å². The first-order valence-electron chi connectivity index (χ1n) is 7.36. The predicted octanol–water partition coefficient (Wildman–Crippen LogP) is 0.843. The Balaban J connectivity index is 4.09. The number of amides is 3. The van der Waals surface area contributed by atoms with Crippen LogP contribution in [-0.4, -0.2) is 30.3 Å². The zero-order chi connectivity index (χ0) is 15.4. The highest BCUT2D eigenvalue weighted by atomic mass is 16.2. The molecule has 1 atom stereocenters. The smallest absolute Gasteiger partial charge is 0.240 e. The van der Waals surface area contributed by atoms with Gasteiger partial charge in [0.1, 0.15) is 6.04 Å². The molecule has 3 amide bonds. The van der Waals surface area contributed by atoms with Crippen LogP contribution >= 0.6 is 0 Å². The number of nitrogens with one attached hydrogen (secondary N) is 2. The van der Waals surface area contributed by atoms with Gasteiger partial charge in [0, 0.05) is 13.0 Å². The molecular weight excluding hydrogens is 258 g/mol. The number of primary amides is 1. The minimum Gasteiger partial charge on any atom is -0.368 e. The Morgan fingerprint density at radius 3 is 2.20 bits per heavy atom. The van der Waals surface area contributed by atoms with E-state index >= 15 is 0 Å². The highest BCUT2D eigenvalue weighted by molar-refractivity contribution is 5.91. The number of hydrogen-bond donors (Lipinski definition) is 3. The van der Waals surface area contributed by atoms with Crippen molar-refractivity contribution in [2.45, 2.75) is 64.8 Å². The Bertz CT molecular complexity index is 319. The van der Waals surface area contributed by atoms with Crippen LogP contribution in [-0.2, 0) is 14.4 Å². The van der Waals surface area contributed by atoms with E-state index in [4.69, 9.17) is 5.73 Å². The fourth-order valence-corrected chi connectivity index (χ4v) is 1.69. The summed E-state index contributed by atoms with van der Waals surface area (Å²) in [5.41, 5.74) is 5.20. The molecule has 0 aliphatic heterocycles. The van der Waals surface area contributed by atoms with Gasteiger partial charge in [0.25, 0.3) is 0 Å². The number of rotatable bonds is 11. The van der Waals surface area contributed by atoms with Gasteiger partial charge in [-0.1, -0.05) is 33.1 Å². The average Bonchev–Trinajstić information content (AvgIpc) is 2.40. The Morgan fingerprint density at radius 2 is 1.65 bits per heavy atom. The molecule has 0 aliphatic rings. The second-order valence-electron chi connectivity index (χ2n) is 4.89. The molecule has 0 aliphatic carbocycles. The van der Waals surface area contributed by atoms with Crippen molar-refractivity contribution in [1.82, 2.24) is 10.6 Å². The van der Waals surface area contributed by atoms with E-state index in [2.05, 4.69) is 17.6 Å². The lowest BCUT2D eigenvalue weighted by Crippen LogP contribution is -2.47. The standard InChI is InChI=1S/C14H27N3O3/c1-3-5-7-9-16-13(19)10-11(14(15)20)17-12(18)8-6-4-2/h11H,3-10H2,1-2H3,(H2,15,20)(H,16,19)(H,17,18). The third kappa shape index (κ3) is 9.35. The van der Waals surface area contributed by atoms with E-state index in [0.717, 1.165) is 32.1 Å². The Hall–Kier alpha value is -1.59. The highest BCUT2D eigenvalue weighted by Gasteiger charge is 2.21. The van der Waals surface area contributed by atoms with Gasteiger partial charge >= 0.3 is 0 Å². The number of nitrogens with two attached hydrogens (primary N) is 1. The van der Waals surface area contributed by atoms with E-state index in [0.29, 0.717) is 13.0 Å². The number of hydrogen-bond acceptors (Lipinski definition) is 3. The normalized spacial score (nSPS) is 11.7. The van der Waals surface area contributed by atoms with Gasteiger partial charge in [-0.15, -0.1) is 0 Å². The molecule has 0 aromatic heterocycles. The average molecular weight is 285 g/mol. The fraction of sp³-hybridized carbons (Fsp3) is 0.786. The van der Waals surface area contributed by atoms with Crippen LogP contribution in [0.15, 0.2) is 0 Å². The topological polar surface area (TPSA) is 101 Å². The Labute approximate surface area is 120 Å². The van der Waals surface area contributed by atoms with Crippen molar-refractivity contribution in [3.8, 4) is 0 Å². The summed E-state index contributed by atoms with van der Waals surface area (Å²) in [5.74, 6) is -1.19. The van der Waals surface area contributed by atoms with Crippen LogP contribution in [0.4, 0.5) is 0 Å². The molecule has 0 bridgehead atoms. The molecule has 116 valence electrons. The first-order chi connectivity index (χ1) is 9.51. The predicted molar refractivity (Wildman–Crippen MR) is 77.8 cm³/mol. The largest absolute Gasteiger partial charge is 0.368 e. The second-order valence-corrected chi connectivity index (χ2v) is 4.89. The van der Waals surface area contributed by atoms with Crippen LogP contribution < -0.4 is 16.4 Å². The van der Waals surface area contributed by atoms with E-state index in [9.17, 15) is 14.4 Å². The van der Waals surface area contributed by atoms with Crippen molar-refractivity contribution in [2.75, 3.05) is 6.54 Å². The van der Waals surface area contributed by atoms with Crippen LogP contribution in [0, 0.1) is 0 Å². The van der Waals surface area contributed by atoms with Gasteiger partial charge in [-0.3, -0.25) is 14.4 Å².